The van der Waals surface area contributed by atoms with Gasteiger partial charge >= 0.3 is 0 Å². The molecule has 0 saturated heterocycles. The van der Waals surface area contributed by atoms with Crippen LogP contribution in [0.2, 0.25) is 0 Å². The third-order valence-electron chi connectivity index (χ3n) is 8.04. The summed E-state index contributed by atoms with van der Waals surface area (Å²) < 4.78 is 0. The number of nitriles is 1. The van der Waals surface area contributed by atoms with Crippen molar-refractivity contribution < 1.29 is 0 Å². The molecule has 0 amide bonds. The highest BCUT2D eigenvalue weighted by molar-refractivity contribution is 4.68. The molecule has 0 aliphatic carbocycles. The second-order valence-corrected chi connectivity index (χ2v) is 11.8. The predicted octanol–water partition coefficient (Wildman–Crippen LogP) is 12.9. The van der Waals surface area contributed by atoms with Crippen LogP contribution in [-0.2, 0) is 0 Å². The van der Waals surface area contributed by atoms with Crippen LogP contribution in [0.15, 0.2) is 0 Å². The van der Waals surface area contributed by atoms with E-state index in [4.69, 9.17) is 5.26 Å². The topological polar surface area (TPSA) is 23.8 Å². The molecule has 1 heteroatoms. The van der Waals surface area contributed by atoms with Gasteiger partial charge in [0.05, 0.1) is 6.07 Å². The molecule has 208 valence electrons. The highest BCUT2D eigenvalue weighted by atomic mass is 14.2. The maximum absolute atomic E-state index is 8.57. The Morgan fingerprint density at radius 3 is 0.943 bits per heavy atom. The molecule has 0 N–H and O–H groups in total. The van der Waals surface area contributed by atoms with Crippen LogP contribution in [0, 0.1) is 17.2 Å². The van der Waals surface area contributed by atoms with Crippen LogP contribution < -0.4 is 0 Å². The normalized spacial score (nSPS) is 12.1. The maximum Gasteiger partial charge on any atom is 0.0621 e. The molecule has 0 aromatic rings. The average molecular weight is 490 g/mol. The molecule has 1 nitrogen and oxygen atoms in total. The molecule has 0 saturated carbocycles. The van der Waals surface area contributed by atoms with Crippen molar-refractivity contribution in [3.63, 3.8) is 0 Å². The van der Waals surface area contributed by atoms with Crippen molar-refractivity contribution in [1.29, 1.82) is 5.26 Å². The Morgan fingerprint density at radius 2 is 0.657 bits per heavy atom. The van der Waals surface area contributed by atoms with E-state index in [0.29, 0.717) is 0 Å². The number of hydrogen-bond acceptors (Lipinski definition) is 1. The molecule has 0 radical (unpaired) electrons. The van der Waals surface area contributed by atoms with Crippen LogP contribution >= 0.6 is 0 Å². The van der Waals surface area contributed by atoms with E-state index in [-0.39, 0.29) is 0 Å². The predicted molar refractivity (Wildman–Crippen MR) is 159 cm³/mol. The minimum absolute atomic E-state index is 0.744. The van der Waals surface area contributed by atoms with Crippen molar-refractivity contribution in [3.05, 3.63) is 0 Å². The summed E-state index contributed by atoms with van der Waals surface area (Å²) in [5.74, 6) is 0.886. The second kappa shape index (κ2) is 31.5. The molecule has 0 heterocycles. The molecule has 0 fully saturated rings. The summed E-state index contributed by atoms with van der Waals surface area (Å²) in [6.45, 7) is 4.72. The summed E-state index contributed by atoms with van der Waals surface area (Å²) >= 11 is 0. The third-order valence-corrected chi connectivity index (χ3v) is 8.04. The van der Waals surface area contributed by atoms with Gasteiger partial charge in [0, 0.05) is 6.42 Å². The van der Waals surface area contributed by atoms with Gasteiger partial charge in [-0.05, 0) is 12.3 Å². The van der Waals surface area contributed by atoms with Gasteiger partial charge in [-0.25, -0.2) is 0 Å². The summed E-state index contributed by atoms with van der Waals surface area (Å²) in [5.41, 5.74) is 0. The first-order chi connectivity index (χ1) is 17.3. The fourth-order valence-corrected chi connectivity index (χ4v) is 5.47. The van der Waals surface area contributed by atoms with E-state index in [1.807, 2.05) is 0 Å². The minimum Gasteiger partial charge on any atom is -0.198 e. The molecule has 0 aliphatic heterocycles. The van der Waals surface area contributed by atoms with Crippen LogP contribution in [0.1, 0.15) is 206 Å². The largest absolute Gasteiger partial charge is 0.198 e. The molecular weight excluding hydrogens is 422 g/mol. The zero-order valence-corrected chi connectivity index (χ0v) is 24.7. The summed E-state index contributed by atoms with van der Waals surface area (Å²) in [4.78, 5) is 0. The lowest BCUT2D eigenvalue weighted by Gasteiger charge is -2.10. The second-order valence-electron chi connectivity index (χ2n) is 11.8. The summed E-state index contributed by atoms with van der Waals surface area (Å²) in [6.07, 6.45) is 42.4. The van der Waals surface area contributed by atoms with Gasteiger partial charge in [-0.1, -0.05) is 194 Å². The standard InChI is InChI=1S/C34H67N/c1-3-4-5-6-7-8-9-10-11-12-13-14-15-16-17-18-19-20-21-22-23-24-25-28-31-34(2)32-29-26-27-30-33-35/h34H,3-32H2,1-2H3. The summed E-state index contributed by atoms with van der Waals surface area (Å²) in [5, 5.41) is 8.57. The Morgan fingerprint density at radius 1 is 0.400 bits per heavy atom. The van der Waals surface area contributed by atoms with Crippen molar-refractivity contribution in [2.75, 3.05) is 0 Å². The van der Waals surface area contributed by atoms with Crippen LogP contribution in [0.3, 0.4) is 0 Å². The van der Waals surface area contributed by atoms with Crippen molar-refractivity contribution in [1.82, 2.24) is 0 Å². The van der Waals surface area contributed by atoms with Gasteiger partial charge in [0.15, 0.2) is 0 Å². The molecule has 0 aromatic heterocycles. The lowest BCUT2D eigenvalue weighted by molar-refractivity contribution is 0.434. The van der Waals surface area contributed by atoms with Crippen LogP contribution in [-0.4, -0.2) is 0 Å². The van der Waals surface area contributed by atoms with Gasteiger partial charge in [-0.2, -0.15) is 5.26 Å². The smallest absolute Gasteiger partial charge is 0.0621 e. The van der Waals surface area contributed by atoms with Gasteiger partial charge in [-0.15, -0.1) is 0 Å². The SMILES string of the molecule is CCCCCCCCCCCCCCCCCCCCCCCCCCC(C)CCCCCC#N. The van der Waals surface area contributed by atoms with Crippen LogP contribution in [0.5, 0.6) is 0 Å². The number of nitrogens with zero attached hydrogens (tertiary/aromatic N) is 1. The lowest BCUT2D eigenvalue weighted by Crippen LogP contribution is -1.95. The Labute approximate surface area is 223 Å². The van der Waals surface area contributed by atoms with E-state index in [1.165, 1.54) is 180 Å². The van der Waals surface area contributed by atoms with Gasteiger partial charge < -0.3 is 0 Å². The molecular formula is C34H67N. The first-order valence-electron chi connectivity index (χ1n) is 16.7. The molecule has 0 rings (SSSR count). The van der Waals surface area contributed by atoms with Crippen LogP contribution in [0.25, 0.3) is 0 Å². The first kappa shape index (κ1) is 34.5. The molecule has 0 spiro atoms. The Balaban J connectivity index is 3.08. The number of hydrogen-bond donors (Lipinski definition) is 0. The zero-order valence-electron chi connectivity index (χ0n) is 24.7. The van der Waals surface area contributed by atoms with Crippen molar-refractivity contribution in [3.8, 4) is 6.07 Å². The van der Waals surface area contributed by atoms with E-state index < -0.39 is 0 Å². The number of rotatable bonds is 30. The third kappa shape index (κ3) is 31.5. The maximum atomic E-state index is 8.57. The van der Waals surface area contributed by atoms with E-state index >= 15 is 0 Å². The van der Waals surface area contributed by atoms with Gasteiger partial charge in [-0.3, -0.25) is 0 Å². The Hall–Kier alpha value is -0.510. The number of unbranched alkanes of at least 4 members (excludes halogenated alkanes) is 26. The van der Waals surface area contributed by atoms with E-state index in [9.17, 15) is 0 Å². The monoisotopic (exact) mass is 490 g/mol. The van der Waals surface area contributed by atoms with E-state index in [1.54, 1.807) is 0 Å². The molecule has 0 aromatic carbocycles. The van der Waals surface area contributed by atoms with Crippen molar-refractivity contribution >= 4 is 0 Å². The molecule has 1 unspecified atom stereocenters. The summed E-state index contributed by atoms with van der Waals surface area (Å²) in [6, 6.07) is 2.25. The van der Waals surface area contributed by atoms with Crippen molar-refractivity contribution in [2.45, 2.75) is 206 Å². The minimum atomic E-state index is 0.744. The highest BCUT2D eigenvalue weighted by Gasteiger charge is 2.02. The van der Waals surface area contributed by atoms with E-state index in [2.05, 4.69) is 19.9 Å². The Bertz CT molecular complexity index is 409. The zero-order chi connectivity index (χ0) is 25.5. The van der Waals surface area contributed by atoms with Crippen molar-refractivity contribution in [2.24, 2.45) is 5.92 Å². The highest BCUT2D eigenvalue weighted by Crippen LogP contribution is 2.19. The Kier molecular flexibility index (Phi) is 31.1. The average Bonchev–Trinajstić information content (AvgIpc) is 2.86. The fraction of sp³-hybridized carbons (Fsp3) is 0.971. The van der Waals surface area contributed by atoms with Gasteiger partial charge in [0.2, 0.25) is 0 Å². The van der Waals surface area contributed by atoms with Crippen LogP contribution in [0.4, 0.5) is 0 Å². The fourth-order valence-electron chi connectivity index (χ4n) is 5.47. The first-order valence-corrected chi connectivity index (χ1v) is 16.7. The molecule has 0 aliphatic rings. The molecule has 1 atom stereocenters. The summed E-state index contributed by atoms with van der Waals surface area (Å²) in [7, 11) is 0. The van der Waals surface area contributed by atoms with Gasteiger partial charge in [0.25, 0.3) is 0 Å². The quantitative estimate of drug-likeness (QED) is 0.0920. The van der Waals surface area contributed by atoms with Gasteiger partial charge in [0.1, 0.15) is 0 Å². The molecule has 35 heavy (non-hydrogen) atoms. The van der Waals surface area contributed by atoms with E-state index in [0.717, 1.165) is 18.8 Å². The molecule has 0 bridgehead atoms. The lowest BCUT2D eigenvalue weighted by atomic mass is 9.96.